The zero-order chi connectivity index (χ0) is 29.6. The van der Waals surface area contributed by atoms with Crippen molar-refractivity contribution >= 4 is 45.1 Å². The maximum Gasteiger partial charge on any atom is 0.354 e. The lowest BCUT2D eigenvalue weighted by atomic mass is 10.0. The van der Waals surface area contributed by atoms with Crippen LogP contribution in [-0.2, 0) is 23.1 Å². The summed E-state index contributed by atoms with van der Waals surface area (Å²) in [7, 11) is -4.20. The molecule has 2 amide bonds. The summed E-state index contributed by atoms with van der Waals surface area (Å²) in [5, 5.41) is 14.2. The van der Waals surface area contributed by atoms with Gasteiger partial charge in [0.05, 0.1) is 23.5 Å². The SMILES string of the molecule is CC(CSC(F)F)c1ncn(Cc2ccc(-c3ccccc3S(=O)(=O)NC(=O)NCc3cccs3)cc2)c1C(=O)O. The number of halogens is 2. The smallest absolute Gasteiger partial charge is 0.354 e. The van der Waals surface area contributed by atoms with Crippen LogP contribution < -0.4 is 10.0 Å². The summed E-state index contributed by atoms with van der Waals surface area (Å²) in [6.45, 7) is 1.99. The number of alkyl halides is 2. The average molecular weight is 621 g/mol. The second kappa shape index (κ2) is 13.3. The van der Waals surface area contributed by atoms with E-state index in [1.54, 1.807) is 49.4 Å². The minimum atomic E-state index is -4.20. The number of nitrogens with one attached hydrogen (secondary N) is 2. The molecule has 2 aromatic heterocycles. The molecule has 0 saturated heterocycles. The van der Waals surface area contributed by atoms with Gasteiger partial charge in [-0.15, -0.1) is 11.3 Å². The molecule has 0 aliphatic carbocycles. The number of sulfonamides is 1. The van der Waals surface area contributed by atoms with Gasteiger partial charge in [0.1, 0.15) is 0 Å². The Morgan fingerprint density at radius 3 is 2.49 bits per heavy atom. The van der Waals surface area contributed by atoms with Crippen LogP contribution in [0.3, 0.4) is 0 Å². The average Bonchev–Trinajstić information content (AvgIpc) is 3.61. The van der Waals surface area contributed by atoms with Gasteiger partial charge in [-0.2, -0.15) is 8.78 Å². The quantitative estimate of drug-likeness (QED) is 0.188. The first-order chi connectivity index (χ1) is 19.5. The maximum absolute atomic E-state index is 13.1. The van der Waals surface area contributed by atoms with Gasteiger partial charge >= 0.3 is 12.0 Å². The predicted molar refractivity (Wildman–Crippen MR) is 154 cm³/mol. The van der Waals surface area contributed by atoms with Gasteiger partial charge in [0.15, 0.2) is 5.69 Å². The van der Waals surface area contributed by atoms with Crippen LogP contribution in [0, 0.1) is 0 Å². The predicted octanol–water partition coefficient (Wildman–Crippen LogP) is 5.61. The molecule has 9 nitrogen and oxygen atoms in total. The van der Waals surface area contributed by atoms with Crippen molar-refractivity contribution in [3.8, 4) is 11.1 Å². The number of imidazole rings is 1. The Hall–Kier alpha value is -3.75. The second-order valence-electron chi connectivity index (χ2n) is 8.97. The number of carbonyl (C=O) groups excluding carboxylic acids is 1. The second-order valence-corrected chi connectivity index (χ2v) is 12.7. The highest BCUT2D eigenvalue weighted by Crippen LogP contribution is 2.29. The highest BCUT2D eigenvalue weighted by Gasteiger charge is 2.24. The van der Waals surface area contributed by atoms with E-state index in [1.807, 2.05) is 17.5 Å². The standard InChI is InChI=1S/C27H26F2N4O5S3/c1-17(15-40-26(28)29)23-24(25(34)35)33(16-31-23)14-18-8-10-19(11-9-18)21-6-2-3-7-22(21)41(37,38)32-27(36)30-13-20-5-4-12-39-20/h2-12,16-17,26H,13-15H2,1H3,(H,34,35)(H2,30,32,36). The number of thioether (sulfide) groups is 1. The molecule has 1 atom stereocenters. The number of thiophene rings is 1. The number of carbonyl (C=O) groups is 2. The first-order valence-corrected chi connectivity index (χ1v) is 15.7. The molecule has 4 rings (SSSR count). The Bertz CT molecular complexity index is 1610. The fraction of sp³-hybridized carbons (Fsp3) is 0.222. The topological polar surface area (TPSA) is 130 Å². The van der Waals surface area contributed by atoms with Gasteiger partial charge in [-0.25, -0.2) is 27.7 Å². The van der Waals surface area contributed by atoms with Crippen molar-refractivity contribution in [3.05, 3.63) is 94.2 Å². The van der Waals surface area contributed by atoms with Crippen molar-refractivity contribution in [2.45, 2.75) is 36.6 Å². The molecule has 0 radical (unpaired) electrons. The molecule has 0 aliphatic rings. The van der Waals surface area contributed by atoms with Crippen LogP contribution in [0.25, 0.3) is 11.1 Å². The van der Waals surface area contributed by atoms with Gasteiger partial charge in [0, 0.05) is 28.7 Å². The number of urea groups is 1. The Labute approximate surface area is 243 Å². The van der Waals surface area contributed by atoms with Gasteiger partial charge in [-0.1, -0.05) is 67.2 Å². The molecule has 0 aliphatic heterocycles. The highest BCUT2D eigenvalue weighted by atomic mass is 32.2. The van der Waals surface area contributed by atoms with E-state index < -0.39 is 33.7 Å². The molecular formula is C27H26F2N4O5S3. The molecule has 4 aromatic rings. The minimum Gasteiger partial charge on any atom is -0.477 e. The van der Waals surface area contributed by atoms with Gasteiger partial charge in [-0.05, 0) is 28.6 Å². The largest absolute Gasteiger partial charge is 0.477 e. The normalized spacial score (nSPS) is 12.3. The summed E-state index contributed by atoms with van der Waals surface area (Å²) in [6, 6.07) is 15.9. The number of carboxylic acids is 1. The molecule has 1 unspecified atom stereocenters. The number of aromatic nitrogens is 2. The third-order valence-electron chi connectivity index (χ3n) is 6.03. The number of amides is 2. The molecule has 14 heteroatoms. The first-order valence-electron chi connectivity index (χ1n) is 12.2. The molecule has 0 fully saturated rings. The minimum absolute atomic E-state index is 0.0249. The third kappa shape index (κ3) is 7.71. The van der Waals surface area contributed by atoms with Gasteiger partial charge in [-0.3, -0.25) is 0 Å². The van der Waals surface area contributed by atoms with Crippen LogP contribution >= 0.6 is 23.1 Å². The summed E-state index contributed by atoms with van der Waals surface area (Å²) in [5.41, 5.74) is 1.81. The van der Waals surface area contributed by atoms with Crippen LogP contribution in [0.5, 0.6) is 0 Å². The lowest BCUT2D eigenvalue weighted by Crippen LogP contribution is -2.39. The number of aromatic carboxylic acids is 1. The maximum atomic E-state index is 13.1. The number of carboxylic acid groups (broad SMARTS) is 1. The number of hydrogen-bond acceptors (Lipinski definition) is 7. The van der Waals surface area contributed by atoms with E-state index >= 15 is 0 Å². The van der Waals surface area contributed by atoms with Crippen molar-refractivity contribution in [3.63, 3.8) is 0 Å². The molecule has 0 bridgehead atoms. The number of nitrogens with zero attached hydrogens (tertiary/aromatic N) is 2. The van der Waals surface area contributed by atoms with Crippen molar-refractivity contribution in [2.75, 3.05) is 5.75 Å². The number of rotatable bonds is 12. The summed E-state index contributed by atoms with van der Waals surface area (Å²) >= 11 is 1.87. The van der Waals surface area contributed by atoms with E-state index in [9.17, 15) is 31.9 Å². The van der Waals surface area contributed by atoms with E-state index in [1.165, 1.54) is 28.3 Å². The Balaban J connectivity index is 1.50. The van der Waals surface area contributed by atoms with Crippen LogP contribution in [0.15, 0.2) is 77.3 Å². The lowest BCUT2D eigenvalue weighted by Gasteiger charge is -2.13. The highest BCUT2D eigenvalue weighted by molar-refractivity contribution is 7.99. The van der Waals surface area contributed by atoms with Gasteiger partial charge in [0.25, 0.3) is 15.8 Å². The fourth-order valence-electron chi connectivity index (χ4n) is 4.13. The summed E-state index contributed by atoms with van der Waals surface area (Å²) in [5.74, 6) is -4.24. The molecule has 2 heterocycles. The fourth-order valence-corrected chi connectivity index (χ4v) is 6.52. The molecule has 0 spiro atoms. The summed E-state index contributed by atoms with van der Waals surface area (Å²) in [6.07, 6.45) is 1.37. The zero-order valence-corrected chi connectivity index (χ0v) is 24.1. The van der Waals surface area contributed by atoms with E-state index in [4.69, 9.17) is 0 Å². The van der Waals surface area contributed by atoms with Crippen LogP contribution in [-0.4, -0.2) is 46.6 Å². The van der Waals surface area contributed by atoms with Crippen molar-refractivity contribution in [1.82, 2.24) is 19.6 Å². The molecule has 3 N–H and O–H groups in total. The monoisotopic (exact) mass is 620 g/mol. The molecule has 216 valence electrons. The van der Waals surface area contributed by atoms with E-state index in [0.717, 1.165) is 4.88 Å². The Morgan fingerprint density at radius 2 is 1.83 bits per heavy atom. The van der Waals surface area contributed by atoms with Crippen LogP contribution in [0.4, 0.5) is 13.6 Å². The number of benzene rings is 2. The Kier molecular flexibility index (Phi) is 9.78. The zero-order valence-electron chi connectivity index (χ0n) is 21.7. The molecule has 0 saturated carbocycles. The first kappa shape index (κ1) is 30.2. The lowest BCUT2D eigenvalue weighted by molar-refractivity contribution is 0.0683. The van der Waals surface area contributed by atoms with Crippen molar-refractivity contribution in [1.29, 1.82) is 0 Å². The summed E-state index contributed by atoms with van der Waals surface area (Å²) in [4.78, 5) is 29.3. The van der Waals surface area contributed by atoms with Crippen LogP contribution in [0.2, 0.25) is 0 Å². The van der Waals surface area contributed by atoms with Crippen molar-refractivity contribution < 1.29 is 31.9 Å². The molecule has 2 aromatic carbocycles. The number of hydrogen-bond donors (Lipinski definition) is 3. The van der Waals surface area contributed by atoms with E-state index in [-0.39, 0.29) is 35.1 Å². The third-order valence-corrected chi connectivity index (χ3v) is 9.24. The van der Waals surface area contributed by atoms with Gasteiger partial charge in [0.2, 0.25) is 0 Å². The Morgan fingerprint density at radius 1 is 1.10 bits per heavy atom. The molecular weight excluding hydrogens is 595 g/mol. The van der Waals surface area contributed by atoms with Crippen molar-refractivity contribution in [2.24, 2.45) is 0 Å². The van der Waals surface area contributed by atoms with Crippen LogP contribution in [0.1, 0.15) is 39.5 Å². The summed E-state index contributed by atoms with van der Waals surface area (Å²) < 4.78 is 54.8. The van der Waals surface area contributed by atoms with Gasteiger partial charge < -0.3 is 15.0 Å². The van der Waals surface area contributed by atoms with E-state index in [2.05, 4.69) is 15.0 Å². The molecule has 41 heavy (non-hydrogen) atoms. The van der Waals surface area contributed by atoms with E-state index in [0.29, 0.717) is 28.5 Å².